The molecule has 3 aliphatic heterocycles. The van der Waals surface area contributed by atoms with Crippen LogP contribution in [-0.4, -0.2) is 96.2 Å². The molecule has 1 aromatic heterocycles. The molecule has 5 rings (SSSR count). The fraction of sp³-hybridized carbons (Fsp3) is 0.375. The first-order chi connectivity index (χ1) is 17.0. The zero-order chi connectivity index (χ0) is 24.4. The van der Waals surface area contributed by atoms with Crippen molar-refractivity contribution in [1.82, 2.24) is 25.1 Å². The number of amides is 3. The summed E-state index contributed by atoms with van der Waals surface area (Å²) in [6.45, 7) is 5.90. The Bertz CT molecular complexity index is 1160. The summed E-state index contributed by atoms with van der Waals surface area (Å²) in [5.74, 6) is 0.980. The van der Waals surface area contributed by atoms with Crippen LogP contribution in [0.15, 0.2) is 41.3 Å². The molecule has 0 aliphatic carbocycles. The largest absolute Gasteiger partial charge is 0.354 e. The number of carbonyl (C=O) groups is 3. The Morgan fingerprint density at radius 3 is 2.29 bits per heavy atom. The van der Waals surface area contributed by atoms with Crippen molar-refractivity contribution in [2.45, 2.75) is 0 Å². The number of nitrogens with one attached hydrogen (secondary N) is 1. The SMILES string of the molecule is CN1CCN(c2cc(/C=C3\SC(=O)NC3=O)nc(N3CCN(C(=O)c4ccccc4)CC3)n2)CC1. The zero-order valence-corrected chi connectivity index (χ0v) is 20.3. The van der Waals surface area contributed by atoms with Crippen LogP contribution in [-0.2, 0) is 4.79 Å². The number of hydrogen-bond donors (Lipinski definition) is 1. The summed E-state index contributed by atoms with van der Waals surface area (Å²) in [5.41, 5.74) is 1.27. The van der Waals surface area contributed by atoms with E-state index in [4.69, 9.17) is 9.97 Å². The van der Waals surface area contributed by atoms with Crippen molar-refractivity contribution in [2.24, 2.45) is 0 Å². The molecule has 1 N–H and O–H groups in total. The summed E-state index contributed by atoms with van der Waals surface area (Å²) in [6, 6.07) is 11.2. The number of nitrogens with zero attached hydrogens (tertiary/aromatic N) is 6. The van der Waals surface area contributed by atoms with E-state index < -0.39 is 5.91 Å². The second kappa shape index (κ2) is 10.0. The van der Waals surface area contributed by atoms with Crippen molar-refractivity contribution in [3.05, 3.63) is 52.6 Å². The lowest BCUT2D eigenvalue weighted by molar-refractivity contribution is -0.115. The topological polar surface area (TPSA) is 102 Å². The molecule has 0 radical (unpaired) electrons. The average Bonchev–Trinajstić information content (AvgIpc) is 3.20. The highest BCUT2D eigenvalue weighted by molar-refractivity contribution is 8.18. The van der Waals surface area contributed by atoms with Crippen LogP contribution in [0.5, 0.6) is 0 Å². The van der Waals surface area contributed by atoms with Crippen LogP contribution >= 0.6 is 11.8 Å². The van der Waals surface area contributed by atoms with Gasteiger partial charge in [0.15, 0.2) is 0 Å². The standard InChI is InChI=1S/C24H27N7O3S/c1-28-7-9-29(10-8-28)20-16-18(15-19-21(32)27-24(34)35-19)25-23(26-20)31-13-11-30(12-14-31)22(33)17-5-3-2-4-6-17/h2-6,15-16H,7-14H2,1H3,(H,27,32,34)/b19-15-. The van der Waals surface area contributed by atoms with Gasteiger partial charge in [-0.1, -0.05) is 18.2 Å². The Labute approximate surface area is 208 Å². The highest BCUT2D eigenvalue weighted by atomic mass is 32.2. The van der Waals surface area contributed by atoms with Gasteiger partial charge < -0.3 is 19.6 Å². The molecule has 182 valence electrons. The van der Waals surface area contributed by atoms with E-state index in [-0.39, 0.29) is 11.1 Å². The first-order valence-electron chi connectivity index (χ1n) is 11.6. The van der Waals surface area contributed by atoms with Crippen molar-refractivity contribution in [3.8, 4) is 0 Å². The summed E-state index contributed by atoms with van der Waals surface area (Å²) in [6.07, 6.45) is 1.64. The van der Waals surface area contributed by atoms with Gasteiger partial charge in [-0.25, -0.2) is 4.98 Å². The van der Waals surface area contributed by atoms with Crippen molar-refractivity contribution in [3.63, 3.8) is 0 Å². The predicted octanol–water partition coefficient (Wildman–Crippen LogP) is 1.51. The molecular formula is C24H27N7O3S. The van der Waals surface area contributed by atoms with Crippen LogP contribution in [0.3, 0.4) is 0 Å². The van der Waals surface area contributed by atoms with Crippen LogP contribution in [0.4, 0.5) is 16.6 Å². The smallest absolute Gasteiger partial charge is 0.290 e. The van der Waals surface area contributed by atoms with E-state index in [1.54, 1.807) is 6.08 Å². The minimum Gasteiger partial charge on any atom is -0.354 e. The number of rotatable bonds is 4. The summed E-state index contributed by atoms with van der Waals surface area (Å²) in [5, 5.41) is 1.91. The predicted molar refractivity (Wildman–Crippen MR) is 135 cm³/mol. The van der Waals surface area contributed by atoms with Crippen molar-refractivity contribution >= 4 is 46.7 Å². The third-order valence-electron chi connectivity index (χ3n) is 6.34. The molecule has 2 aromatic rings. The van der Waals surface area contributed by atoms with E-state index in [1.807, 2.05) is 41.3 Å². The molecule has 0 spiro atoms. The summed E-state index contributed by atoms with van der Waals surface area (Å²) >= 11 is 0.876. The van der Waals surface area contributed by atoms with Crippen LogP contribution in [0.2, 0.25) is 0 Å². The van der Waals surface area contributed by atoms with E-state index in [9.17, 15) is 14.4 Å². The number of piperazine rings is 2. The van der Waals surface area contributed by atoms with Gasteiger partial charge in [-0.05, 0) is 37.0 Å². The fourth-order valence-corrected chi connectivity index (χ4v) is 4.95. The maximum absolute atomic E-state index is 12.8. The minimum atomic E-state index is -0.408. The summed E-state index contributed by atoms with van der Waals surface area (Å²) in [7, 11) is 2.10. The number of hydrogen-bond acceptors (Lipinski definition) is 9. The second-order valence-corrected chi connectivity index (χ2v) is 9.75. The molecule has 11 heteroatoms. The molecule has 4 heterocycles. The molecule has 10 nitrogen and oxygen atoms in total. The number of likely N-dealkylation sites (N-methyl/N-ethyl adjacent to an activating group) is 1. The highest BCUT2D eigenvalue weighted by Gasteiger charge is 2.27. The van der Waals surface area contributed by atoms with Gasteiger partial charge >= 0.3 is 0 Å². The van der Waals surface area contributed by atoms with E-state index in [0.29, 0.717) is 48.3 Å². The normalized spacial score (nSPS) is 20.5. The molecular weight excluding hydrogens is 466 g/mol. The molecule has 3 saturated heterocycles. The Morgan fingerprint density at radius 1 is 0.943 bits per heavy atom. The van der Waals surface area contributed by atoms with E-state index in [0.717, 1.165) is 43.8 Å². The van der Waals surface area contributed by atoms with Crippen molar-refractivity contribution in [1.29, 1.82) is 0 Å². The summed E-state index contributed by atoms with van der Waals surface area (Å²) < 4.78 is 0. The third kappa shape index (κ3) is 5.30. The first kappa shape index (κ1) is 23.3. The molecule has 0 saturated carbocycles. The fourth-order valence-electron chi connectivity index (χ4n) is 4.28. The molecule has 0 atom stereocenters. The van der Waals surface area contributed by atoms with Gasteiger partial charge in [0.1, 0.15) is 5.82 Å². The highest BCUT2D eigenvalue weighted by Crippen LogP contribution is 2.27. The number of imide groups is 1. The van der Waals surface area contributed by atoms with Gasteiger partial charge in [0.2, 0.25) is 5.95 Å². The zero-order valence-electron chi connectivity index (χ0n) is 19.5. The molecule has 3 fully saturated rings. The average molecular weight is 494 g/mol. The lowest BCUT2D eigenvalue weighted by Crippen LogP contribution is -2.49. The lowest BCUT2D eigenvalue weighted by atomic mass is 10.2. The van der Waals surface area contributed by atoms with Gasteiger partial charge in [-0.2, -0.15) is 4.98 Å². The van der Waals surface area contributed by atoms with Crippen molar-refractivity contribution in [2.75, 3.05) is 69.2 Å². The summed E-state index contributed by atoms with van der Waals surface area (Å²) in [4.78, 5) is 54.8. The quantitative estimate of drug-likeness (QED) is 0.635. The van der Waals surface area contributed by atoms with Crippen LogP contribution in [0.25, 0.3) is 6.08 Å². The Hall–Kier alpha value is -3.44. The van der Waals surface area contributed by atoms with E-state index in [1.165, 1.54) is 0 Å². The second-order valence-electron chi connectivity index (χ2n) is 8.74. The van der Waals surface area contributed by atoms with Gasteiger partial charge in [-0.3, -0.25) is 19.7 Å². The van der Waals surface area contributed by atoms with Crippen LogP contribution in [0, 0.1) is 0 Å². The van der Waals surface area contributed by atoms with Crippen LogP contribution in [0.1, 0.15) is 16.1 Å². The maximum Gasteiger partial charge on any atom is 0.290 e. The molecule has 0 unspecified atom stereocenters. The number of thioether (sulfide) groups is 1. The molecule has 3 amide bonds. The molecule has 1 aromatic carbocycles. The van der Waals surface area contributed by atoms with Gasteiger partial charge in [0, 0.05) is 64.0 Å². The van der Waals surface area contributed by atoms with Gasteiger partial charge in [-0.15, -0.1) is 0 Å². The number of carbonyl (C=O) groups excluding carboxylic acids is 3. The lowest BCUT2D eigenvalue weighted by Gasteiger charge is -2.36. The monoisotopic (exact) mass is 493 g/mol. The van der Waals surface area contributed by atoms with E-state index >= 15 is 0 Å². The van der Waals surface area contributed by atoms with E-state index in [2.05, 4.69) is 27.1 Å². The number of anilines is 2. The minimum absolute atomic E-state index is 0.0247. The van der Waals surface area contributed by atoms with Crippen LogP contribution < -0.4 is 15.1 Å². The Kier molecular flexibility index (Phi) is 6.69. The van der Waals surface area contributed by atoms with Gasteiger partial charge in [0.05, 0.1) is 10.6 Å². The Morgan fingerprint density at radius 2 is 1.63 bits per heavy atom. The number of aromatic nitrogens is 2. The molecule has 0 bridgehead atoms. The maximum atomic E-state index is 12.8. The molecule has 35 heavy (non-hydrogen) atoms. The third-order valence-corrected chi connectivity index (χ3v) is 7.15. The number of benzene rings is 1. The Balaban J connectivity index is 1.37. The molecule has 3 aliphatic rings. The first-order valence-corrected chi connectivity index (χ1v) is 12.4. The van der Waals surface area contributed by atoms with Gasteiger partial charge in [0.25, 0.3) is 17.1 Å². The van der Waals surface area contributed by atoms with Crippen molar-refractivity contribution < 1.29 is 14.4 Å².